The molecule has 0 atom stereocenters. The van der Waals surface area contributed by atoms with E-state index in [4.69, 9.17) is 4.43 Å². The van der Waals surface area contributed by atoms with E-state index >= 15 is 0 Å². The number of halogens is 1. The van der Waals surface area contributed by atoms with Gasteiger partial charge in [0.1, 0.15) is 5.75 Å². The maximum absolute atomic E-state index is 10.9. The molecule has 0 fully saturated rings. The van der Waals surface area contributed by atoms with Crippen molar-refractivity contribution in [2.24, 2.45) is 0 Å². The first kappa shape index (κ1) is 12.5. The summed E-state index contributed by atoms with van der Waals surface area (Å²) in [5, 5.41) is 0. The highest BCUT2D eigenvalue weighted by atomic mass is 79.9. The zero-order chi connectivity index (χ0) is 11.6. The monoisotopic (exact) mass is 286 g/mol. The molecule has 1 rings (SSSR count). The molecular weight excluding hydrogens is 272 g/mol. The quantitative estimate of drug-likeness (QED) is 0.624. The molecule has 0 heterocycles. The van der Waals surface area contributed by atoms with Gasteiger partial charge in [-0.05, 0) is 44.3 Å². The van der Waals surface area contributed by atoms with Gasteiger partial charge >= 0.3 is 0 Å². The number of benzene rings is 1. The molecule has 1 aromatic rings. The highest BCUT2D eigenvalue weighted by Gasteiger charge is 2.19. The van der Waals surface area contributed by atoms with Gasteiger partial charge in [-0.1, -0.05) is 15.9 Å². The van der Waals surface area contributed by atoms with Gasteiger partial charge in [0.25, 0.3) is 0 Å². The first-order valence-corrected chi connectivity index (χ1v) is 8.98. The predicted octanol–water partition coefficient (Wildman–Crippen LogP) is 3.78. The van der Waals surface area contributed by atoms with Crippen molar-refractivity contribution in [3.63, 3.8) is 0 Å². The van der Waals surface area contributed by atoms with Crippen molar-refractivity contribution < 1.29 is 9.22 Å². The van der Waals surface area contributed by atoms with Gasteiger partial charge < -0.3 is 4.43 Å². The zero-order valence-electron chi connectivity index (χ0n) is 9.43. The van der Waals surface area contributed by atoms with E-state index in [1.54, 1.807) is 6.07 Å². The van der Waals surface area contributed by atoms with Crippen molar-refractivity contribution >= 4 is 30.5 Å². The standard InChI is InChI=1S/C11H15BrO2Si/c1-8-5-10(12)6-9(7-13)11(8)14-15(2,3)4/h5-7H,1-4H3. The lowest BCUT2D eigenvalue weighted by atomic mass is 10.1. The van der Waals surface area contributed by atoms with Crippen LogP contribution in [0.5, 0.6) is 5.75 Å². The summed E-state index contributed by atoms with van der Waals surface area (Å²) >= 11 is 3.36. The van der Waals surface area contributed by atoms with Crippen LogP contribution >= 0.6 is 15.9 Å². The Labute approximate surface area is 99.9 Å². The summed E-state index contributed by atoms with van der Waals surface area (Å²) in [5.74, 6) is 0.729. The van der Waals surface area contributed by atoms with Gasteiger partial charge in [0.05, 0.1) is 5.56 Å². The fraction of sp³-hybridized carbons (Fsp3) is 0.364. The number of hydrogen-bond donors (Lipinski definition) is 0. The number of aryl methyl sites for hydroxylation is 1. The van der Waals surface area contributed by atoms with Crippen LogP contribution in [-0.2, 0) is 0 Å². The third kappa shape index (κ3) is 3.46. The molecule has 0 aliphatic heterocycles. The molecule has 0 radical (unpaired) electrons. The fourth-order valence-corrected chi connectivity index (χ4v) is 2.77. The average molecular weight is 287 g/mol. The van der Waals surface area contributed by atoms with Crippen LogP contribution in [0.25, 0.3) is 0 Å². The van der Waals surface area contributed by atoms with Crippen molar-refractivity contribution in [2.75, 3.05) is 0 Å². The first-order chi connectivity index (χ1) is 6.83. The largest absolute Gasteiger partial charge is 0.544 e. The van der Waals surface area contributed by atoms with Crippen LogP contribution in [0.15, 0.2) is 16.6 Å². The Hall–Kier alpha value is -0.613. The lowest BCUT2D eigenvalue weighted by Crippen LogP contribution is -2.30. The Bertz CT molecular complexity index is 383. The maximum Gasteiger partial charge on any atom is 0.242 e. The van der Waals surface area contributed by atoms with Crippen LogP contribution in [0.4, 0.5) is 0 Å². The van der Waals surface area contributed by atoms with Crippen LogP contribution < -0.4 is 4.43 Å². The molecule has 0 saturated heterocycles. The Morgan fingerprint density at radius 1 is 1.33 bits per heavy atom. The second-order valence-corrected chi connectivity index (χ2v) is 9.82. The van der Waals surface area contributed by atoms with Gasteiger partial charge in [-0.2, -0.15) is 0 Å². The summed E-state index contributed by atoms with van der Waals surface area (Å²) in [4.78, 5) is 10.9. The summed E-state index contributed by atoms with van der Waals surface area (Å²) in [6.07, 6.45) is 0.841. The molecule has 0 unspecified atom stereocenters. The normalized spacial score (nSPS) is 11.3. The van der Waals surface area contributed by atoms with Crippen LogP contribution in [0.3, 0.4) is 0 Å². The van der Waals surface area contributed by atoms with E-state index in [2.05, 4.69) is 35.6 Å². The van der Waals surface area contributed by atoms with Crippen LogP contribution in [0, 0.1) is 6.92 Å². The minimum atomic E-state index is -1.67. The Kier molecular flexibility index (Phi) is 3.73. The molecule has 2 nitrogen and oxygen atoms in total. The van der Waals surface area contributed by atoms with Gasteiger partial charge in [0, 0.05) is 4.47 Å². The van der Waals surface area contributed by atoms with Crippen LogP contribution in [-0.4, -0.2) is 14.6 Å². The van der Waals surface area contributed by atoms with Crippen LogP contribution in [0.2, 0.25) is 19.6 Å². The van der Waals surface area contributed by atoms with Crippen molar-refractivity contribution in [2.45, 2.75) is 26.6 Å². The first-order valence-electron chi connectivity index (χ1n) is 4.78. The van der Waals surface area contributed by atoms with Gasteiger partial charge in [-0.3, -0.25) is 4.79 Å². The number of carbonyl (C=O) groups excluding carboxylic acids is 1. The van der Waals surface area contributed by atoms with E-state index in [1.807, 2.05) is 13.0 Å². The van der Waals surface area contributed by atoms with E-state index in [1.165, 1.54) is 0 Å². The third-order valence-electron chi connectivity index (χ3n) is 1.80. The molecule has 0 amide bonds. The molecular formula is C11H15BrO2Si. The molecule has 0 aliphatic carbocycles. The summed E-state index contributed by atoms with van der Waals surface area (Å²) in [6, 6.07) is 3.75. The van der Waals surface area contributed by atoms with Gasteiger partial charge in [-0.15, -0.1) is 0 Å². The molecule has 0 aliphatic rings. The summed E-state index contributed by atoms with van der Waals surface area (Å²) in [6.45, 7) is 8.25. The van der Waals surface area contributed by atoms with Crippen molar-refractivity contribution in [3.05, 3.63) is 27.7 Å². The Morgan fingerprint density at radius 3 is 2.40 bits per heavy atom. The highest BCUT2D eigenvalue weighted by molar-refractivity contribution is 9.10. The summed E-state index contributed by atoms with van der Waals surface area (Å²) < 4.78 is 6.80. The molecule has 4 heteroatoms. The average Bonchev–Trinajstić information content (AvgIpc) is 2.07. The van der Waals surface area contributed by atoms with Crippen LogP contribution in [0.1, 0.15) is 15.9 Å². The molecule has 0 spiro atoms. The minimum Gasteiger partial charge on any atom is -0.544 e. The zero-order valence-corrected chi connectivity index (χ0v) is 12.0. The number of rotatable bonds is 3. The summed E-state index contributed by atoms with van der Waals surface area (Å²) in [7, 11) is -1.67. The summed E-state index contributed by atoms with van der Waals surface area (Å²) in [5.41, 5.74) is 1.61. The van der Waals surface area contributed by atoms with E-state index in [0.29, 0.717) is 5.56 Å². The highest BCUT2D eigenvalue weighted by Crippen LogP contribution is 2.28. The molecule has 0 saturated carbocycles. The lowest BCUT2D eigenvalue weighted by molar-refractivity contribution is 0.112. The topological polar surface area (TPSA) is 26.3 Å². The maximum atomic E-state index is 10.9. The molecule has 0 bridgehead atoms. The Morgan fingerprint density at radius 2 is 1.93 bits per heavy atom. The number of hydrogen-bond acceptors (Lipinski definition) is 2. The van der Waals surface area contributed by atoms with Crippen molar-refractivity contribution in [1.82, 2.24) is 0 Å². The second-order valence-electron chi connectivity index (χ2n) is 4.47. The molecule has 15 heavy (non-hydrogen) atoms. The van der Waals surface area contributed by atoms with E-state index in [9.17, 15) is 4.79 Å². The van der Waals surface area contributed by atoms with Gasteiger partial charge in [0.2, 0.25) is 8.32 Å². The molecule has 0 aromatic heterocycles. The van der Waals surface area contributed by atoms with Gasteiger partial charge in [-0.25, -0.2) is 0 Å². The minimum absolute atomic E-state index is 0.615. The molecule has 82 valence electrons. The second kappa shape index (κ2) is 4.49. The number of aldehydes is 1. The molecule has 1 aromatic carbocycles. The van der Waals surface area contributed by atoms with E-state index < -0.39 is 8.32 Å². The smallest absolute Gasteiger partial charge is 0.242 e. The Balaban J connectivity index is 3.21. The number of carbonyl (C=O) groups is 1. The molecule has 0 N–H and O–H groups in total. The van der Waals surface area contributed by atoms with Gasteiger partial charge in [0.15, 0.2) is 6.29 Å². The fourth-order valence-electron chi connectivity index (χ4n) is 1.29. The van der Waals surface area contributed by atoms with E-state index in [-0.39, 0.29) is 0 Å². The third-order valence-corrected chi connectivity index (χ3v) is 3.08. The van der Waals surface area contributed by atoms with Crippen molar-refractivity contribution in [1.29, 1.82) is 0 Å². The SMILES string of the molecule is Cc1cc(Br)cc(C=O)c1O[Si](C)(C)C. The predicted molar refractivity (Wildman–Crippen MR) is 68.2 cm³/mol. The van der Waals surface area contributed by atoms with Crippen molar-refractivity contribution in [3.8, 4) is 5.75 Å². The lowest BCUT2D eigenvalue weighted by Gasteiger charge is -2.22. The van der Waals surface area contributed by atoms with E-state index in [0.717, 1.165) is 22.1 Å².